The van der Waals surface area contributed by atoms with Crippen LogP contribution in [0, 0.1) is 11.8 Å². The van der Waals surface area contributed by atoms with Gasteiger partial charge in [0, 0.05) is 20.6 Å². The Bertz CT molecular complexity index is 324. The zero-order valence-corrected chi connectivity index (χ0v) is 13.2. The summed E-state index contributed by atoms with van der Waals surface area (Å²) in [6.45, 7) is 7.77. The summed E-state index contributed by atoms with van der Waals surface area (Å²) in [5, 5.41) is 12.9. The van der Waals surface area contributed by atoms with Crippen molar-refractivity contribution in [3.05, 3.63) is 0 Å². The zero-order valence-electron chi connectivity index (χ0n) is 13.2. The molecule has 0 aromatic rings. The smallest absolute Gasteiger partial charge is 0.256 e. The lowest BCUT2D eigenvalue weighted by atomic mass is 9.81. The molecule has 0 radical (unpaired) electrons. The molecule has 0 spiro atoms. The second-order valence-corrected chi connectivity index (χ2v) is 5.67. The summed E-state index contributed by atoms with van der Waals surface area (Å²) in [7, 11) is 2.93. The van der Waals surface area contributed by atoms with Crippen molar-refractivity contribution in [1.29, 1.82) is 0 Å². The van der Waals surface area contributed by atoms with E-state index in [0.29, 0.717) is 12.3 Å². The molecule has 1 amide bonds. The first-order chi connectivity index (χ1) is 9.27. The van der Waals surface area contributed by atoms with Crippen molar-refractivity contribution in [2.75, 3.05) is 14.2 Å². The Kier molecular flexibility index (Phi) is 5.94. The Balaban J connectivity index is 2.85. The number of rotatable bonds is 5. The van der Waals surface area contributed by atoms with Crippen LogP contribution in [-0.2, 0) is 19.0 Å². The highest BCUT2D eigenvalue weighted by Gasteiger charge is 2.50. The quantitative estimate of drug-likeness (QED) is 0.735. The van der Waals surface area contributed by atoms with Crippen LogP contribution in [0.1, 0.15) is 34.1 Å². The van der Waals surface area contributed by atoms with E-state index in [-0.39, 0.29) is 12.0 Å². The summed E-state index contributed by atoms with van der Waals surface area (Å²) in [6.07, 6.45) is -1.52. The maximum absolute atomic E-state index is 12.1. The van der Waals surface area contributed by atoms with Crippen LogP contribution in [-0.4, -0.2) is 49.5 Å². The molecule has 1 aliphatic heterocycles. The average Bonchev–Trinajstić information content (AvgIpc) is 2.42. The molecular formula is C14H27NO5. The molecule has 0 aromatic carbocycles. The van der Waals surface area contributed by atoms with Gasteiger partial charge >= 0.3 is 0 Å². The van der Waals surface area contributed by atoms with Crippen LogP contribution >= 0.6 is 0 Å². The average molecular weight is 289 g/mol. The summed E-state index contributed by atoms with van der Waals surface area (Å²) in [5.74, 6) is -1.24. The fourth-order valence-corrected chi connectivity index (χ4v) is 2.52. The minimum atomic E-state index is -1.40. The highest BCUT2D eigenvalue weighted by Crippen LogP contribution is 2.39. The van der Waals surface area contributed by atoms with E-state index in [1.807, 2.05) is 6.92 Å². The number of amides is 1. The van der Waals surface area contributed by atoms with Gasteiger partial charge in [-0.3, -0.25) is 4.79 Å². The molecule has 1 heterocycles. The molecule has 3 unspecified atom stereocenters. The Morgan fingerprint density at radius 3 is 2.45 bits per heavy atom. The van der Waals surface area contributed by atoms with Gasteiger partial charge in [-0.1, -0.05) is 13.8 Å². The molecule has 0 saturated carbocycles. The van der Waals surface area contributed by atoms with E-state index in [1.54, 1.807) is 6.92 Å². The van der Waals surface area contributed by atoms with Gasteiger partial charge in [0.2, 0.25) is 5.79 Å². The largest absolute Gasteiger partial charge is 0.378 e. The Morgan fingerprint density at radius 2 is 2.00 bits per heavy atom. The summed E-state index contributed by atoms with van der Waals surface area (Å²) < 4.78 is 16.2. The van der Waals surface area contributed by atoms with Crippen LogP contribution < -0.4 is 5.32 Å². The molecular weight excluding hydrogens is 262 g/mol. The molecule has 20 heavy (non-hydrogen) atoms. The fraction of sp³-hybridized carbons (Fsp3) is 0.929. The third-order valence-corrected chi connectivity index (χ3v) is 4.34. The highest BCUT2D eigenvalue weighted by atomic mass is 16.7. The Morgan fingerprint density at radius 1 is 1.40 bits per heavy atom. The van der Waals surface area contributed by atoms with Gasteiger partial charge in [-0.15, -0.1) is 0 Å². The van der Waals surface area contributed by atoms with E-state index in [0.717, 1.165) is 0 Å². The lowest BCUT2D eigenvalue weighted by Crippen LogP contribution is -2.60. The molecule has 1 rings (SSSR count). The van der Waals surface area contributed by atoms with Crippen molar-refractivity contribution in [2.24, 2.45) is 11.8 Å². The number of methoxy groups -OCH3 is 2. The summed E-state index contributed by atoms with van der Waals surface area (Å²) in [4.78, 5) is 12.1. The Labute approximate surface area is 120 Å². The molecule has 0 bridgehead atoms. The second kappa shape index (κ2) is 6.85. The molecule has 1 fully saturated rings. The maximum atomic E-state index is 12.1. The number of hydrogen-bond donors (Lipinski definition) is 2. The van der Waals surface area contributed by atoms with Crippen LogP contribution in [0.5, 0.6) is 0 Å². The molecule has 1 aliphatic rings. The monoisotopic (exact) mass is 289 g/mol. The predicted octanol–water partition coefficient (Wildman–Crippen LogP) is 0.880. The maximum Gasteiger partial charge on any atom is 0.256 e. The number of nitrogens with one attached hydrogen (secondary N) is 1. The molecule has 118 valence electrons. The SMILES string of the molecule is CO[C@@H](C)NC(=O)[C@@H](O)[C@@]1(OC)CC(C)C(C)C(C)O1. The number of aliphatic hydroxyl groups excluding tert-OH is 1. The lowest BCUT2D eigenvalue weighted by molar-refractivity contribution is -0.317. The second-order valence-electron chi connectivity index (χ2n) is 5.67. The molecule has 0 aromatic heterocycles. The molecule has 6 nitrogen and oxygen atoms in total. The number of carbonyl (C=O) groups is 1. The van der Waals surface area contributed by atoms with E-state index >= 15 is 0 Å². The minimum Gasteiger partial charge on any atom is -0.378 e. The van der Waals surface area contributed by atoms with Gasteiger partial charge in [0.25, 0.3) is 5.91 Å². The van der Waals surface area contributed by atoms with Crippen LogP contribution in [0.4, 0.5) is 0 Å². The third-order valence-electron chi connectivity index (χ3n) is 4.34. The van der Waals surface area contributed by atoms with Gasteiger partial charge in [-0.2, -0.15) is 0 Å². The molecule has 2 N–H and O–H groups in total. The number of aliphatic hydroxyl groups is 1. The first-order valence-corrected chi connectivity index (χ1v) is 7.01. The highest BCUT2D eigenvalue weighted by molar-refractivity contribution is 5.81. The van der Waals surface area contributed by atoms with Crippen molar-refractivity contribution in [2.45, 2.75) is 58.3 Å². The summed E-state index contributed by atoms with van der Waals surface area (Å²) >= 11 is 0. The van der Waals surface area contributed by atoms with Gasteiger partial charge in [0.15, 0.2) is 6.10 Å². The molecule has 6 atom stereocenters. The standard InChI is InChI=1S/C14H27NO5/c1-8-7-14(19-6,20-10(3)9(8)2)12(16)13(17)15-11(4)18-5/h8-12,16H,7H2,1-6H3,(H,15,17)/t8?,9?,10?,11-,12+,14+/m0/s1. The van der Waals surface area contributed by atoms with E-state index in [4.69, 9.17) is 14.2 Å². The van der Waals surface area contributed by atoms with Crippen LogP contribution in [0.15, 0.2) is 0 Å². The minimum absolute atomic E-state index is 0.0963. The van der Waals surface area contributed by atoms with Gasteiger partial charge in [-0.25, -0.2) is 0 Å². The van der Waals surface area contributed by atoms with Crippen molar-refractivity contribution < 1.29 is 24.1 Å². The molecule has 6 heteroatoms. The summed E-state index contributed by atoms with van der Waals surface area (Å²) in [5.41, 5.74) is 0. The fourth-order valence-electron chi connectivity index (χ4n) is 2.52. The topological polar surface area (TPSA) is 77.0 Å². The van der Waals surface area contributed by atoms with Crippen LogP contribution in [0.3, 0.4) is 0 Å². The molecule has 1 saturated heterocycles. The predicted molar refractivity (Wildman–Crippen MR) is 73.9 cm³/mol. The first kappa shape index (κ1) is 17.4. The van der Waals surface area contributed by atoms with Gasteiger partial charge in [0.05, 0.1) is 6.10 Å². The summed E-state index contributed by atoms with van der Waals surface area (Å²) in [6, 6.07) is 0. The van der Waals surface area contributed by atoms with E-state index in [9.17, 15) is 9.90 Å². The van der Waals surface area contributed by atoms with Gasteiger partial charge in [-0.05, 0) is 25.7 Å². The number of hydrogen-bond acceptors (Lipinski definition) is 5. The Hall–Kier alpha value is -0.690. The third kappa shape index (κ3) is 3.49. The van der Waals surface area contributed by atoms with Gasteiger partial charge < -0.3 is 24.6 Å². The lowest BCUT2D eigenvalue weighted by Gasteiger charge is -2.46. The number of carbonyl (C=O) groups excluding carboxylic acids is 1. The van der Waals surface area contributed by atoms with E-state index in [2.05, 4.69) is 19.2 Å². The number of ether oxygens (including phenoxy) is 3. The van der Waals surface area contributed by atoms with Crippen LogP contribution in [0.25, 0.3) is 0 Å². The molecule has 0 aliphatic carbocycles. The van der Waals surface area contributed by atoms with Gasteiger partial charge in [0.1, 0.15) is 6.23 Å². The van der Waals surface area contributed by atoms with Crippen LogP contribution in [0.2, 0.25) is 0 Å². The van der Waals surface area contributed by atoms with Crippen molar-refractivity contribution >= 4 is 5.91 Å². The van der Waals surface area contributed by atoms with Crippen molar-refractivity contribution in [1.82, 2.24) is 5.32 Å². The zero-order chi connectivity index (χ0) is 15.5. The van der Waals surface area contributed by atoms with Crippen molar-refractivity contribution in [3.63, 3.8) is 0 Å². The first-order valence-electron chi connectivity index (χ1n) is 7.01. The van der Waals surface area contributed by atoms with E-state index in [1.165, 1.54) is 14.2 Å². The van der Waals surface area contributed by atoms with Crippen molar-refractivity contribution in [3.8, 4) is 0 Å². The van der Waals surface area contributed by atoms with E-state index < -0.39 is 24.0 Å². The normalized spacial score (nSPS) is 37.2.